The molecule has 1 aromatic rings. The van der Waals surface area contributed by atoms with E-state index in [4.69, 9.17) is 12.6 Å². The van der Waals surface area contributed by atoms with Crippen molar-refractivity contribution in [1.82, 2.24) is 4.90 Å². The summed E-state index contributed by atoms with van der Waals surface area (Å²) in [6, 6.07) is 3.61. The lowest BCUT2D eigenvalue weighted by Gasteiger charge is -2.52. The van der Waals surface area contributed by atoms with E-state index in [9.17, 15) is 14.4 Å². The van der Waals surface area contributed by atoms with Crippen molar-refractivity contribution >= 4 is 31.0 Å². The standard InChI is InChI=1S/C21H26BNO4/c1-12-6-14(22)7-13(2)17(12)18-15(24)8-21(9-16(18)25)10-23(11-21)19(26)27-20(3,4)5/h6-7,18H,8-11H2,1-5H3. The molecule has 2 radical (unpaired) electrons. The fourth-order valence-corrected chi connectivity index (χ4v) is 4.41. The van der Waals surface area contributed by atoms with Crippen molar-refractivity contribution in [2.45, 2.75) is 59.0 Å². The summed E-state index contributed by atoms with van der Waals surface area (Å²) in [5, 5.41) is 0. The smallest absolute Gasteiger partial charge is 0.410 e. The normalized spacial score (nSPS) is 20.0. The zero-order chi connectivity index (χ0) is 20.1. The third-order valence-electron chi connectivity index (χ3n) is 5.35. The third kappa shape index (κ3) is 3.80. The molecule has 1 amide bonds. The van der Waals surface area contributed by atoms with Gasteiger partial charge >= 0.3 is 6.09 Å². The predicted molar refractivity (Wildman–Crippen MR) is 104 cm³/mol. The molecule has 142 valence electrons. The van der Waals surface area contributed by atoms with E-state index in [1.165, 1.54) is 0 Å². The molecule has 2 fully saturated rings. The Morgan fingerprint density at radius 1 is 1.11 bits per heavy atom. The van der Waals surface area contributed by atoms with Gasteiger partial charge < -0.3 is 9.64 Å². The molecule has 0 atom stereocenters. The van der Waals surface area contributed by atoms with E-state index in [0.717, 1.165) is 16.7 Å². The summed E-state index contributed by atoms with van der Waals surface area (Å²) >= 11 is 0. The van der Waals surface area contributed by atoms with Gasteiger partial charge in [0.2, 0.25) is 0 Å². The Hall–Kier alpha value is -2.11. The fraction of sp³-hybridized carbons (Fsp3) is 0.571. The van der Waals surface area contributed by atoms with Crippen molar-refractivity contribution in [2.24, 2.45) is 5.41 Å². The van der Waals surface area contributed by atoms with Crippen molar-refractivity contribution in [2.75, 3.05) is 13.1 Å². The van der Waals surface area contributed by atoms with Crippen LogP contribution in [-0.4, -0.2) is 49.1 Å². The Morgan fingerprint density at radius 3 is 2.04 bits per heavy atom. The van der Waals surface area contributed by atoms with Crippen LogP contribution in [0, 0.1) is 19.3 Å². The second-order valence-corrected chi connectivity index (χ2v) is 9.12. The Morgan fingerprint density at radius 2 is 1.59 bits per heavy atom. The highest BCUT2D eigenvalue weighted by Gasteiger charge is 2.54. The molecule has 0 unspecified atom stereocenters. The number of hydrogen-bond acceptors (Lipinski definition) is 4. The van der Waals surface area contributed by atoms with Gasteiger partial charge in [0.15, 0.2) is 0 Å². The summed E-state index contributed by atoms with van der Waals surface area (Å²) in [6.07, 6.45) is 0.234. The first-order valence-electron chi connectivity index (χ1n) is 9.31. The lowest BCUT2D eigenvalue weighted by atomic mass is 9.63. The highest BCUT2D eigenvalue weighted by molar-refractivity contribution is 6.32. The van der Waals surface area contributed by atoms with Crippen molar-refractivity contribution in [1.29, 1.82) is 0 Å². The number of benzene rings is 1. The lowest BCUT2D eigenvalue weighted by molar-refractivity contribution is -0.143. The second-order valence-electron chi connectivity index (χ2n) is 9.12. The quantitative estimate of drug-likeness (QED) is 0.565. The van der Waals surface area contributed by atoms with Crippen LogP contribution < -0.4 is 5.46 Å². The van der Waals surface area contributed by atoms with E-state index < -0.39 is 16.9 Å². The van der Waals surface area contributed by atoms with Crippen molar-refractivity contribution < 1.29 is 19.1 Å². The van der Waals surface area contributed by atoms with Crippen LogP contribution in [0.15, 0.2) is 12.1 Å². The van der Waals surface area contributed by atoms with Gasteiger partial charge in [-0.1, -0.05) is 17.6 Å². The molecule has 1 heterocycles. The van der Waals surface area contributed by atoms with Crippen LogP contribution in [0.3, 0.4) is 0 Å². The van der Waals surface area contributed by atoms with Crippen LogP contribution in [0.25, 0.3) is 0 Å². The van der Waals surface area contributed by atoms with Gasteiger partial charge in [0.05, 0.1) is 0 Å². The average Bonchev–Trinajstić information content (AvgIpc) is 2.44. The summed E-state index contributed by atoms with van der Waals surface area (Å²) in [5.41, 5.74) is 2.17. The molecule has 1 saturated carbocycles. The number of carbonyl (C=O) groups excluding carboxylic acids is 3. The van der Waals surface area contributed by atoms with E-state index in [1.54, 1.807) is 17.0 Å². The van der Waals surface area contributed by atoms with Gasteiger partial charge in [0.25, 0.3) is 0 Å². The Kier molecular flexibility index (Phi) is 4.73. The number of aryl methyl sites for hydroxylation is 2. The molecular weight excluding hydrogens is 341 g/mol. The number of ketones is 2. The zero-order valence-corrected chi connectivity index (χ0v) is 16.7. The summed E-state index contributed by atoms with van der Waals surface area (Å²) < 4.78 is 5.37. The van der Waals surface area contributed by atoms with E-state index in [2.05, 4.69) is 0 Å². The maximum atomic E-state index is 12.9. The average molecular weight is 367 g/mol. The van der Waals surface area contributed by atoms with Gasteiger partial charge in [-0.05, 0) is 51.3 Å². The molecule has 1 aromatic carbocycles. The Balaban J connectivity index is 1.74. The summed E-state index contributed by atoms with van der Waals surface area (Å²) in [7, 11) is 5.87. The number of amides is 1. The van der Waals surface area contributed by atoms with Crippen LogP contribution in [0.4, 0.5) is 4.79 Å². The highest BCUT2D eigenvalue weighted by atomic mass is 16.6. The van der Waals surface area contributed by atoms with Crippen molar-refractivity contribution in [3.8, 4) is 0 Å². The molecule has 2 aliphatic rings. The van der Waals surface area contributed by atoms with Crippen LogP contribution >= 0.6 is 0 Å². The maximum Gasteiger partial charge on any atom is 0.410 e. The molecule has 1 saturated heterocycles. The molecule has 0 aromatic heterocycles. The van der Waals surface area contributed by atoms with Gasteiger partial charge in [-0.2, -0.15) is 0 Å². The number of ether oxygens (including phenoxy) is 1. The number of nitrogens with zero attached hydrogens (tertiary/aromatic N) is 1. The number of Topliss-reactive ketones (excluding diaryl/α,β-unsaturated/α-hetero) is 2. The molecule has 1 spiro atoms. The molecule has 6 heteroatoms. The minimum absolute atomic E-state index is 0.0638. The monoisotopic (exact) mass is 367 g/mol. The molecule has 0 bridgehead atoms. The van der Waals surface area contributed by atoms with E-state index in [1.807, 2.05) is 34.6 Å². The van der Waals surface area contributed by atoms with Crippen molar-refractivity contribution in [3.63, 3.8) is 0 Å². The van der Waals surface area contributed by atoms with Gasteiger partial charge in [0, 0.05) is 31.3 Å². The lowest BCUT2D eigenvalue weighted by Crippen LogP contribution is -2.62. The van der Waals surface area contributed by atoms with Gasteiger partial charge in [0.1, 0.15) is 30.9 Å². The first kappa shape index (κ1) is 19.7. The summed E-state index contributed by atoms with van der Waals surface area (Å²) in [6.45, 7) is 10.0. The second kappa shape index (κ2) is 6.50. The molecule has 0 N–H and O–H groups in total. The third-order valence-corrected chi connectivity index (χ3v) is 5.35. The first-order valence-corrected chi connectivity index (χ1v) is 9.31. The Labute approximate surface area is 161 Å². The number of rotatable bonds is 1. The minimum atomic E-state index is -0.716. The van der Waals surface area contributed by atoms with Gasteiger partial charge in [-0.3, -0.25) is 9.59 Å². The van der Waals surface area contributed by atoms with E-state index in [0.29, 0.717) is 31.4 Å². The molecule has 1 aliphatic heterocycles. The summed E-state index contributed by atoms with van der Waals surface area (Å²) in [5.74, 6) is -0.844. The number of carbonyl (C=O) groups is 3. The SMILES string of the molecule is [B]c1cc(C)c(C2C(=O)CC3(CC2=O)CN(C(=O)OC(C)(C)C)C3)c(C)c1. The largest absolute Gasteiger partial charge is 0.444 e. The summed E-state index contributed by atoms with van der Waals surface area (Å²) in [4.78, 5) is 39.6. The Bertz CT molecular complexity index is 775. The fourth-order valence-electron chi connectivity index (χ4n) is 4.41. The van der Waals surface area contributed by atoms with E-state index >= 15 is 0 Å². The molecule has 3 rings (SSSR count). The topological polar surface area (TPSA) is 63.7 Å². The van der Waals surface area contributed by atoms with Gasteiger partial charge in [-0.25, -0.2) is 4.79 Å². The van der Waals surface area contributed by atoms with Crippen LogP contribution in [0.2, 0.25) is 0 Å². The highest BCUT2D eigenvalue weighted by Crippen LogP contribution is 2.46. The van der Waals surface area contributed by atoms with E-state index in [-0.39, 0.29) is 17.7 Å². The van der Waals surface area contributed by atoms with Crippen LogP contribution in [0.5, 0.6) is 0 Å². The maximum absolute atomic E-state index is 12.9. The van der Waals surface area contributed by atoms with Crippen LogP contribution in [-0.2, 0) is 14.3 Å². The number of likely N-dealkylation sites (tertiary alicyclic amines) is 1. The van der Waals surface area contributed by atoms with Crippen molar-refractivity contribution in [3.05, 3.63) is 28.8 Å². The molecule has 27 heavy (non-hydrogen) atoms. The molecule has 1 aliphatic carbocycles. The predicted octanol–water partition coefficient (Wildman–Crippen LogP) is 2.35. The van der Waals surface area contributed by atoms with Gasteiger partial charge in [-0.15, -0.1) is 0 Å². The van der Waals surface area contributed by atoms with Crippen LogP contribution in [0.1, 0.15) is 56.2 Å². The number of hydrogen-bond donors (Lipinski definition) is 0. The zero-order valence-electron chi connectivity index (χ0n) is 16.7. The minimum Gasteiger partial charge on any atom is -0.444 e. The molecular formula is C21H26BNO4. The first-order chi connectivity index (χ1) is 12.4. The molecule has 5 nitrogen and oxygen atoms in total.